The van der Waals surface area contributed by atoms with Gasteiger partial charge < -0.3 is 10.2 Å². The predicted molar refractivity (Wildman–Crippen MR) is 89.2 cm³/mol. The van der Waals surface area contributed by atoms with Gasteiger partial charge in [0, 0.05) is 32.2 Å². The number of likely N-dealkylation sites (N-methyl/N-ethyl adjacent to an activating group) is 1. The van der Waals surface area contributed by atoms with E-state index in [0.29, 0.717) is 25.3 Å². The first-order chi connectivity index (χ1) is 9.95. The number of anilines is 1. The zero-order chi connectivity index (χ0) is 15.5. The lowest BCUT2D eigenvalue weighted by molar-refractivity contribution is -0.116. The van der Waals surface area contributed by atoms with Crippen LogP contribution in [0.4, 0.5) is 5.69 Å². The van der Waals surface area contributed by atoms with Crippen LogP contribution in [0.2, 0.25) is 0 Å². The molecule has 8 heteroatoms. The van der Waals surface area contributed by atoms with E-state index in [9.17, 15) is 13.2 Å². The number of halogens is 1. The van der Waals surface area contributed by atoms with E-state index in [1.807, 2.05) is 6.92 Å². The molecule has 2 rings (SSSR count). The Balaban J connectivity index is 0.00000242. The van der Waals surface area contributed by atoms with Crippen molar-refractivity contribution < 1.29 is 13.2 Å². The molecular weight excluding hydrogens is 326 g/mol. The van der Waals surface area contributed by atoms with Crippen LogP contribution < -0.4 is 14.9 Å². The second-order valence-corrected chi connectivity index (χ2v) is 6.73. The molecule has 6 nitrogen and oxygen atoms in total. The molecule has 1 aromatic carbocycles. The molecule has 1 aliphatic heterocycles. The van der Waals surface area contributed by atoms with Crippen molar-refractivity contribution >= 4 is 34.0 Å². The van der Waals surface area contributed by atoms with Crippen molar-refractivity contribution in [2.45, 2.75) is 25.2 Å². The number of hydrogen-bond acceptors (Lipinski definition) is 4. The molecule has 0 fully saturated rings. The largest absolute Gasteiger partial charge is 0.316 e. The third-order valence-electron chi connectivity index (χ3n) is 3.49. The number of amides is 1. The summed E-state index contributed by atoms with van der Waals surface area (Å²) in [5.74, 6) is -0.0663. The van der Waals surface area contributed by atoms with E-state index in [0.717, 1.165) is 18.5 Å². The molecule has 124 valence electrons. The van der Waals surface area contributed by atoms with E-state index >= 15 is 0 Å². The summed E-state index contributed by atoms with van der Waals surface area (Å²) in [7, 11) is -3.54. The van der Waals surface area contributed by atoms with Crippen LogP contribution in [0.25, 0.3) is 0 Å². The third-order valence-corrected chi connectivity index (χ3v) is 4.95. The molecule has 0 spiro atoms. The topological polar surface area (TPSA) is 78.5 Å². The van der Waals surface area contributed by atoms with E-state index in [1.54, 1.807) is 23.1 Å². The number of fused-ring (bicyclic) bond motifs is 1. The molecule has 0 saturated heterocycles. The quantitative estimate of drug-likeness (QED) is 0.750. The first kappa shape index (κ1) is 18.9. The van der Waals surface area contributed by atoms with Gasteiger partial charge in [0.2, 0.25) is 15.9 Å². The Hall–Kier alpha value is -1.15. The SMILES string of the molecule is CCNCCNS(=O)(=O)c1ccc2c(c1)N(C(C)=O)CC2.Cl. The summed E-state index contributed by atoms with van der Waals surface area (Å²) in [4.78, 5) is 13.4. The Bertz CT molecular complexity index is 634. The highest BCUT2D eigenvalue weighted by molar-refractivity contribution is 7.89. The summed E-state index contributed by atoms with van der Waals surface area (Å²) in [6.45, 7) is 5.79. The molecule has 1 amide bonds. The summed E-state index contributed by atoms with van der Waals surface area (Å²) < 4.78 is 27.0. The molecule has 0 saturated carbocycles. The smallest absolute Gasteiger partial charge is 0.240 e. The highest BCUT2D eigenvalue weighted by atomic mass is 35.5. The zero-order valence-electron chi connectivity index (χ0n) is 12.8. The van der Waals surface area contributed by atoms with Crippen LogP contribution in [0.1, 0.15) is 19.4 Å². The fourth-order valence-corrected chi connectivity index (χ4v) is 3.44. The van der Waals surface area contributed by atoms with Crippen molar-refractivity contribution in [2.75, 3.05) is 31.1 Å². The first-order valence-electron chi connectivity index (χ1n) is 7.07. The zero-order valence-corrected chi connectivity index (χ0v) is 14.4. The molecule has 0 aromatic heterocycles. The van der Waals surface area contributed by atoms with E-state index in [2.05, 4.69) is 10.0 Å². The molecule has 0 radical (unpaired) electrons. The number of rotatable bonds is 6. The highest BCUT2D eigenvalue weighted by Crippen LogP contribution is 2.30. The van der Waals surface area contributed by atoms with Gasteiger partial charge in [-0.3, -0.25) is 4.79 Å². The Kier molecular flexibility index (Phi) is 6.80. The Morgan fingerprint density at radius 3 is 2.68 bits per heavy atom. The van der Waals surface area contributed by atoms with Crippen molar-refractivity contribution in [2.24, 2.45) is 0 Å². The number of carbonyl (C=O) groups is 1. The predicted octanol–water partition coefficient (Wildman–Crippen LogP) is 0.905. The summed E-state index contributed by atoms with van der Waals surface area (Å²) >= 11 is 0. The summed E-state index contributed by atoms with van der Waals surface area (Å²) in [5.41, 5.74) is 1.72. The number of nitrogens with one attached hydrogen (secondary N) is 2. The van der Waals surface area contributed by atoms with Crippen molar-refractivity contribution in [3.8, 4) is 0 Å². The Morgan fingerprint density at radius 1 is 1.32 bits per heavy atom. The summed E-state index contributed by atoms with van der Waals surface area (Å²) in [5, 5.41) is 3.06. The fraction of sp³-hybridized carbons (Fsp3) is 0.500. The summed E-state index contributed by atoms with van der Waals surface area (Å²) in [6, 6.07) is 4.97. The molecule has 0 atom stereocenters. The first-order valence-corrected chi connectivity index (χ1v) is 8.55. The maximum atomic E-state index is 12.2. The van der Waals surface area contributed by atoms with Crippen LogP contribution in [0.15, 0.2) is 23.1 Å². The van der Waals surface area contributed by atoms with Crippen molar-refractivity contribution in [3.05, 3.63) is 23.8 Å². The molecule has 0 aliphatic carbocycles. The molecular formula is C14H22ClN3O3S. The number of sulfonamides is 1. The van der Waals surface area contributed by atoms with E-state index < -0.39 is 10.0 Å². The average Bonchev–Trinajstić information content (AvgIpc) is 2.86. The highest BCUT2D eigenvalue weighted by Gasteiger charge is 2.24. The van der Waals surface area contributed by atoms with Gasteiger partial charge in [-0.2, -0.15) is 0 Å². The minimum atomic E-state index is -3.54. The fourth-order valence-electron chi connectivity index (χ4n) is 2.39. The Labute approximate surface area is 137 Å². The lowest BCUT2D eigenvalue weighted by atomic mass is 10.2. The minimum Gasteiger partial charge on any atom is -0.316 e. The lowest BCUT2D eigenvalue weighted by Gasteiger charge is -2.16. The van der Waals surface area contributed by atoms with Gasteiger partial charge in [-0.05, 0) is 30.7 Å². The van der Waals surface area contributed by atoms with Gasteiger partial charge in [0.05, 0.1) is 4.90 Å². The maximum Gasteiger partial charge on any atom is 0.240 e. The molecule has 1 aliphatic rings. The summed E-state index contributed by atoms with van der Waals surface area (Å²) in [6.07, 6.45) is 0.767. The number of carbonyl (C=O) groups excluding carboxylic acids is 1. The molecule has 2 N–H and O–H groups in total. The van der Waals surface area contributed by atoms with Crippen LogP contribution in [-0.2, 0) is 21.2 Å². The molecule has 1 aromatic rings. The van der Waals surface area contributed by atoms with Crippen LogP contribution in [-0.4, -0.2) is 40.5 Å². The monoisotopic (exact) mass is 347 g/mol. The van der Waals surface area contributed by atoms with Gasteiger partial charge in [0.25, 0.3) is 0 Å². The van der Waals surface area contributed by atoms with Crippen LogP contribution in [0, 0.1) is 0 Å². The van der Waals surface area contributed by atoms with Gasteiger partial charge in [0.1, 0.15) is 0 Å². The molecule has 1 heterocycles. The second-order valence-electron chi connectivity index (χ2n) is 4.96. The van der Waals surface area contributed by atoms with Crippen molar-refractivity contribution in [3.63, 3.8) is 0 Å². The standard InChI is InChI=1S/C14H21N3O3S.ClH/c1-3-15-7-8-16-21(19,20)13-5-4-12-6-9-17(11(2)18)14(12)10-13;/h4-5,10,15-16H,3,6-9H2,1-2H3;1H. The van der Waals surface area contributed by atoms with E-state index in [-0.39, 0.29) is 23.2 Å². The van der Waals surface area contributed by atoms with E-state index in [1.165, 1.54) is 6.92 Å². The van der Waals surface area contributed by atoms with Gasteiger partial charge in [-0.15, -0.1) is 12.4 Å². The van der Waals surface area contributed by atoms with Crippen LogP contribution >= 0.6 is 12.4 Å². The average molecular weight is 348 g/mol. The number of nitrogens with zero attached hydrogens (tertiary/aromatic N) is 1. The number of hydrogen-bond donors (Lipinski definition) is 2. The van der Waals surface area contributed by atoms with Crippen molar-refractivity contribution in [1.29, 1.82) is 0 Å². The number of benzene rings is 1. The van der Waals surface area contributed by atoms with Gasteiger partial charge in [-0.25, -0.2) is 13.1 Å². The molecule has 0 unspecified atom stereocenters. The van der Waals surface area contributed by atoms with Gasteiger partial charge in [-0.1, -0.05) is 13.0 Å². The van der Waals surface area contributed by atoms with Crippen LogP contribution in [0.3, 0.4) is 0 Å². The lowest BCUT2D eigenvalue weighted by Crippen LogP contribution is -2.32. The molecule has 22 heavy (non-hydrogen) atoms. The van der Waals surface area contributed by atoms with Gasteiger partial charge in [0.15, 0.2) is 0 Å². The van der Waals surface area contributed by atoms with Crippen LogP contribution in [0.5, 0.6) is 0 Å². The maximum absolute atomic E-state index is 12.2. The van der Waals surface area contributed by atoms with Gasteiger partial charge >= 0.3 is 0 Å². The Morgan fingerprint density at radius 2 is 2.05 bits per heavy atom. The normalized spacial score (nSPS) is 13.6. The molecule has 0 bridgehead atoms. The van der Waals surface area contributed by atoms with Crippen molar-refractivity contribution in [1.82, 2.24) is 10.0 Å². The van der Waals surface area contributed by atoms with E-state index in [4.69, 9.17) is 0 Å². The minimum absolute atomic E-state index is 0. The third kappa shape index (κ3) is 4.19. The second kappa shape index (κ2) is 7.92.